The van der Waals surface area contributed by atoms with Gasteiger partial charge in [0.2, 0.25) is 0 Å². The number of amides is 1. The SMILES string of the molecule is COCCC[C@@H](NC(=O)OCC1c2ccccc2-c2ccccc21)C(=O)O. The predicted molar refractivity (Wildman–Crippen MR) is 101 cm³/mol. The summed E-state index contributed by atoms with van der Waals surface area (Å²) >= 11 is 0. The van der Waals surface area contributed by atoms with Crippen LogP contribution in [0.1, 0.15) is 29.9 Å². The Balaban J connectivity index is 1.64. The van der Waals surface area contributed by atoms with Crippen LogP contribution in [0, 0.1) is 0 Å². The maximum Gasteiger partial charge on any atom is 0.407 e. The maximum atomic E-state index is 12.1. The Bertz CT molecular complexity index is 774. The van der Waals surface area contributed by atoms with Gasteiger partial charge in [-0.1, -0.05) is 48.5 Å². The first-order chi connectivity index (χ1) is 13.1. The summed E-state index contributed by atoms with van der Waals surface area (Å²) in [4.78, 5) is 23.4. The first-order valence-corrected chi connectivity index (χ1v) is 8.95. The third-order valence-corrected chi connectivity index (χ3v) is 4.78. The minimum absolute atomic E-state index is 0.0556. The van der Waals surface area contributed by atoms with E-state index in [9.17, 15) is 14.7 Å². The second-order valence-electron chi connectivity index (χ2n) is 6.50. The number of carboxylic acids is 1. The summed E-state index contributed by atoms with van der Waals surface area (Å²) in [7, 11) is 1.55. The summed E-state index contributed by atoms with van der Waals surface area (Å²) in [6.45, 7) is 0.598. The quantitative estimate of drug-likeness (QED) is 0.697. The van der Waals surface area contributed by atoms with Gasteiger partial charge in [-0.05, 0) is 35.1 Å². The number of fused-ring (bicyclic) bond motifs is 3. The summed E-state index contributed by atoms with van der Waals surface area (Å²) in [5.41, 5.74) is 4.51. The monoisotopic (exact) mass is 369 g/mol. The van der Waals surface area contributed by atoms with Gasteiger partial charge in [0.25, 0.3) is 0 Å². The molecule has 1 aliphatic carbocycles. The van der Waals surface area contributed by atoms with Crippen molar-refractivity contribution >= 4 is 12.1 Å². The maximum absolute atomic E-state index is 12.1. The Hall–Kier alpha value is -2.86. The molecule has 1 aliphatic rings. The first-order valence-electron chi connectivity index (χ1n) is 8.95. The molecule has 6 nitrogen and oxygen atoms in total. The topological polar surface area (TPSA) is 84.9 Å². The molecule has 0 spiro atoms. The third-order valence-electron chi connectivity index (χ3n) is 4.78. The van der Waals surface area contributed by atoms with Crippen LogP contribution in [0.5, 0.6) is 0 Å². The van der Waals surface area contributed by atoms with Gasteiger partial charge in [-0.2, -0.15) is 0 Å². The largest absolute Gasteiger partial charge is 0.480 e. The van der Waals surface area contributed by atoms with E-state index in [1.54, 1.807) is 7.11 Å². The molecule has 0 aromatic heterocycles. The number of benzene rings is 2. The number of aliphatic carboxylic acids is 1. The van der Waals surface area contributed by atoms with E-state index in [1.165, 1.54) is 0 Å². The minimum Gasteiger partial charge on any atom is -0.480 e. The Labute approximate surface area is 158 Å². The summed E-state index contributed by atoms with van der Waals surface area (Å²) in [6, 6.07) is 15.1. The summed E-state index contributed by atoms with van der Waals surface area (Å²) in [5.74, 6) is -1.14. The molecule has 0 heterocycles. The summed E-state index contributed by atoms with van der Waals surface area (Å²) in [6.07, 6.45) is 0.103. The molecule has 0 saturated carbocycles. The van der Waals surface area contributed by atoms with Crippen molar-refractivity contribution in [2.45, 2.75) is 24.8 Å². The van der Waals surface area contributed by atoms with Gasteiger partial charge >= 0.3 is 12.1 Å². The van der Waals surface area contributed by atoms with Gasteiger partial charge in [0.1, 0.15) is 12.6 Å². The second kappa shape index (κ2) is 8.68. The van der Waals surface area contributed by atoms with Crippen LogP contribution in [-0.4, -0.2) is 43.5 Å². The zero-order chi connectivity index (χ0) is 19.2. The average Bonchev–Trinajstić information content (AvgIpc) is 2.99. The van der Waals surface area contributed by atoms with Gasteiger partial charge in [0, 0.05) is 19.6 Å². The molecule has 1 atom stereocenters. The Kier molecular flexibility index (Phi) is 6.08. The fraction of sp³-hybridized carbons (Fsp3) is 0.333. The van der Waals surface area contributed by atoms with E-state index in [0.29, 0.717) is 13.0 Å². The zero-order valence-electron chi connectivity index (χ0n) is 15.2. The zero-order valence-corrected chi connectivity index (χ0v) is 15.2. The Morgan fingerprint density at radius 2 is 1.67 bits per heavy atom. The lowest BCUT2D eigenvalue weighted by molar-refractivity contribution is -0.139. The Morgan fingerprint density at radius 3 is 2.22 bits per heavy atom. The average molecular weight is 369 g/mol. The number of carbonyl (C=O) groups excluding carboxylic acids is 1. The van der Waals surface area contributed by atoms with E-state index in [-0.39, 0.29) is 18.9 Å². The molecule has 0 unspecified atom stereocenters. The number of ether oxygens (including phenoxy) is 2. The van der Waals surface area contributed by atoms with Gasteiger partial charge in [0.05, 0.1) is 0 Å². The highest BCUT2D eigenvalue weighted by molar-refractivity contribution is 5.81. The van der Waals surface area contributed by atoms with Crippen molar-refractivity contribution in [2.24, 2.45) is 0 Å². The van der Waals surface area contributed by atoms with Crippen LogP contribution >= 0.6 is 0 Å². The standard InChI is InChI=1S/C21H23NO5/c1-26-12-6-11-19(20(23)24)22-21(25)27-13-18-16-9-4-2-7-14(16)15-8-3-5-10-17(15)18/h2-5,7-10,18-19H,6,11-13H2,1H3,(H,22,25)(H,23,24)/t19-/m1/s1. The predicted octanol–water partition coefficient (Wildman–Crippen LogP) is 3.40. The van der Waals surface area contributed by atoms with Gasteiger partial charge < -0.3 is 19.9 Å². The molecule has 6 heteroatoms. The number of methoxy groups -OCH3 is 1. The molecule has 0 saturated heterocycles. The molecule has 2 aromatic carbocycles. The fourth-order valence-corrected chi connectivity index (χ4v) is 3.47. The first kappa shape index (κ1) is 18.9. The lowest BCUT2D eigenvalue weighted by Gasteiger charge is -2.17. The number of rotatable bonds is 8. The number of hydrogen-bond acceptors (Lipinski definition) is 4. The van der Waals surface area contributed by atoms with Crippen molar-refractivity contribution in [3.05, 3.63) is 59.7 Å². The third kappa shape index (κ3) is 4.28. The summed E-state index contributed by atoms with van der Waals surface area (Å²) < 4.78 is 10.3. The second-order valence-corrected chi connectivity index (χ2v) is 6.50. The number of carbonyl (C=O) groups is 2. The molecule has 2 aromatic rings. The smallest absolute Gasteiger partial charge is 0.407 e. The fourth-order valence-electron chi connectivity index (χ4n) is 3.47. The van der Waals surface area contributed by atoms with Gasteiger partial charge in [-0.3, -0.25) is 0 Å². The van der Waals surface area contributed by atoms with Crippen LogP contribution in [0.2, 0.25) is 0 Å². The van der Waals surface area contributed by atoms with Crippen LogP contribution in [0.25, 0.3) is 11.1 Å². The van der Waals surface area contributed by atoms with Gasteiger partial charge in [0.15, 0.2) is 0 Å². The minimum atomic E-state index is -1.08. The molecular formula is C21H23NO5. The lowest BCUT2D eigenvalue weighted by atomic mass is 9.98. The molecule has 0 bridgehead atoms. The number of nitrogens with one attached hydrogen (secondary N) is 1. The van der Waals surface area contributed by atoms with E-state index in [4.69, 9.17) is 9.47 Å². The molecule has 27 heavy (non-hydrogen) atoms. The van der Waals surface area contributed by atoms with Crippen molar-refractivity contribution in [3.8, 4) is 11.1 Å². The lowest BCUT2D eigenvalue weighted by Crippen LogP contribution is -2.41. The Morgan fingerprint density at radius 1 is 1.07 bits per heavy atom. The molecule has 0 fully saturated rings. The molecule has 0 aliphatic heterocycles. The van der Waals surface area contributed by atoms with Crippen molar-refractivity contribution < 1.29 is 24.2 Å². The van der Waals surface area contributed by atoms with Crippen LogP contribution in [0.15, 0.2) is 48.5 Å². The molecule has 0 radical (unpaired) electrons. The van der Waals surface area contributed by atoms with Crippen LogP contribution < -0.4 is 5.32 Å². The van der Waals surface area contributed by atoms with Gasteiger partial charge in [-0.25, -0.2) is 9.59 Å². The summed E-state index contributed by atoms with van der Waals surface area (Å²) in [5, 5.41) is 11.7. The van der Waals surface area contributed by atoms with E-state index < -0.39 is 18.1 Å². The van der Waals surface area contributed by atoms with E-state index in [2.05, 4.69) is 17.4 Å². The van der Waals surface area contributed by atoms with Gasteiger partial charge in [-0.15, -0.1) is 0 Å². The number of hydrogen-bond donors (Lipinski definition) is 2. The molecule has 3 rings (SSSR count). The van der Waals surface area contributed by atoms with E-state index >= 15 is 0 Å². The van der Waals surface area contributed by atoms with Crippen LogP contribution in [-0.2, 0) is 14.3 Å². The molecular weight excluding hydrogens is 346 g/mol. The molecule has 2 N–H and O–H groups in total. The van der Waals surface area contributed by atoms with Crippen LogP contribution in [0.4, 0.5) is 4.79 Å². The van der Waals surface area contributed by atoms with Crippen molar-refractivity contribution in [3.63, 3.8) is 0 Å². The van der Waals surface area contributed by atoms with Crippen molar-refractivity contribution in [1.82, 2.24) is 5.32 Å². The van der Waals surface area contributed by atoms with E-state index in [1.807, 2.05) is 36.4 Å². The van der Waals surface area contributed by atoms with Crippen molar-refractivity contribution in [1.29, 1.82) is 0 Å². The normalized spacial score (nSPS) is 13.5. The van der Waals surface area contributed by atoms with Crippen molar-refractivity contribution in [2.75, 3.05) is 20.3 Å². The highest BCUT2D eigenvalue weighted by atomic mass is 16.5. The van der Waals surface area contributed by atoms with Crippen LogP contribution in [0.3, 0.4) is 0 Å². The molecule has 1 amide bonds. The number of alkyl carbamates (subject to hydrolysis) is 1. The highest BCUT2D eigenvalue weighted by Crippen LogP contribution is 2.44. The number of carboxylic acid groups (broad SMARTS) is 1. The highest BCUT2D eigenvalue weighted by Gasteiger charge is 2.29. The molecule has 142 valence electrons. The van der Waals surface area contributed by atoms with E-state index in [0.717, 1.165) is 22.3 Å².